The van der Waals surface area contributed by atoms with E-state index in [0.717, 1.165) is 32.4 Å². The first-order chi connectivity index (χ1) is 13.6. The first-order valence-corrected chi connectivity index (χ1v) is 10.7. The fourth-order valence-corrected chi connectivity index (χ4v) is 4.88. The van der Waals surface area contributed by atoms with Crippen molar-refractivity contribution in [3.05, 3.63) is 23.3 Å². The summed E-state index contributed by atoms with van der Waals surface area (Å²) >= 11 is 0. The van der Waals surface area contributed by atoms with Gasteiger partial charge in [0.15, 0.2) is 11.5 Å². The summed E-state index contributed by atoms with van der Waals surface area (Å²) in [5.74, 6) is -2.69. The fraction of sp³-hybridized carbons (Fsp3) is 0.739. The molecule has 2 aliphatic heterocycles. The standard InChI is InChI=1S/C23H33F2NO3/c1-14-18(23(14,24)25)13-28-21-10-15-8-9-26-12-16(29-22(2,3)4)6-7-19(26)17(15)11-20(21)27-5/h10-11,14,16,18-19H,6-9,12-13H2,1-5H3/t14-,16+,18-,19+/m0/s1. The number of halogens is 2. The molecule has 0 amide bonds. The number of hydrogen-bond donors (Lipinski definition) is 0. The van der Waals surface area contributed by atoms with E-state index in [1.165, 1.54) is 11.1 Å². The maximum Gasteiger partial charge on any atom is 0.257 e. The lowest BCUT2D eigenvalue weighted by Crippen LogP contribution is -2.47. The highest BCUT2D eigenvalue weighted by Gasteiger charge is 2.65. The molecule has 1 saturated carbocycles. The molecule has 4 nitrogen and oxygen atoms in total. The lowest BCUT2D eigenvalue weighted by Gasteiger charge is -2.44. The van der Waals surface area contributed by atoms with E-state index in [9.17, 15) is 8.78 Å². The predicted molar refractivity (Wildman–Crippen MR) is 108 cm³/mol. The van der Waals surface area contributed by atoms with Gasteiger partial charge >= 0.3 is 0 Å². The Labute approximate surface area is 172 Å². The minimum Gasteiger partial charge on any atom is -0.493 e. The molecular weight excluding hydrogens is 376 g/mol. The Morgan fingerprint density at radius 2 is 1.90 bits per heavy atom. The highest BCUT2D eigenvalue weighted by molar-refractivity contribution is 5.49. The number of methoxy groups -OCH3 is 1. The van der Waals surface area contributed by atoms with Gasteiger partial charge in [0, 0.05) is 25.0 Å². The van der Waals surface area contributed by atoms with Crippen molar-refractivity contribution >= 4 is 0 Å². The highest BCUT2D eigenvalue weighted by atomic mass is 19.3. The van der Waals surface area contributed by atoms with Crippen LogP contribution in [0.25, 0.3) is 0 Å². The van der Waals surface area contributed by atoms with Gasteiger partial charge in [-0.2, -0.15) is 0 Å². The number of alkyl halides is 2. The molecule has 0 aromatic heterocycles. The molecule has 162 valence electrons. The summed E-state index contributed by atoms with van der Waals surface area (Å²) in [6, 6.07) is 4.42. The molecule has 0 bridgehead atoms. The second-order valence-electron chi connectivity index (χ2n) is 9.77. The van der Waals surface area contributed by atoms with Crippen LogP contribution in [0, 0.1) is 11.8 Å². The second kappa shape index (κ2) is 7.38. The lowest BCUT2D eigenvalue weighted by molar-refractivity contribution is -0.0971. The summed E-state index contributed by atoms with van der Waals surface area (Å²) in [6.45, 7) is 9.85. The van der Waals surface area contributed by atoms with Gasteiger partial charge in [0.2, 0.25) is 0 Å². The van der Waals surface area contributed by atoms with Crippen molar-refractivity contribution in [1.82, 2.24) is 4.90 Å². The summed E-state index contributed by atoms with van der Waals surface area (Å²) in [7, 11) is 1.61. The van der Waals surface area contributed by atoms with E-state index in [1.54, 1.807) is 14.0 Å². The van der Waals surface area contributed by atoms with Crippen molar-refractivity contribution in [2.24, 2.45) is 11.8 Å². The summed E-state index contributed by atoms with van der Waals surface area (Å²) in [5, 5.41) is 0. The van der Waals surface area contributed by atoms with Crippen LogP contribution in [0.5, 0.6) is 11.5 Å². The van der Waals surface area contributed by atoms with E-state index in [1.807, 2.05) is 6.07 Å². The van der Waals surface area contributed by atoms with Crippen LogP contribution in [0.1, 0.15) is 57.7 Å². The van der Waals surface area contributed by atoms with E-state index in [4.69, 9.17) is 14.2 Å². The molecule has 1 aliphatic carbocycles. The van der Waals surface area contributed by atoms with Crippen molar-refractivity contribution in [3.63, 3.8) is 0 Å². The fourth-order valence-electron chi connectivity index (χ4n) is 4.88. The third-order valence-electron chi connectivity index (χ3n) is 6.63. The number of nitrogens with zero attached hydrogens (tertiary/aromatic N) is 1. The number of piperidine rings is 1. The van der Waals surface area contributed by atoms with Crippen LogP contribution in [0.15, 0.2) is 12.1 Å². The minimum atomic E-state index is -2.60. The first-order valence-electron chi connectivity index (χ1n) is 10.7. The normalized spacial score (nSPS) is 31.0. The van der Waals surface area contributed by atoms with Gasteiger partial charge in [-0.1, -0.05) is 6.92 Å². The monoisotopic (exact) mass is 409 g/mol. The van der Waals surface area contributed by atoms with Crippen molar-refractivity contribution in [2.45, 2.75) is 70.6 Å². The topological polar surface area (TPSA) is 30.9 Å². The average Bonchev–Trinajstić information content (AvgIpc) is 3.13. The Bertz CT molecular complexity index is 761. The molecule has 2 fully saturated rings. The zero-order chi connectivity index (χ0) is 21.0. The largest absolute Gasteiger partial charge is 0.493 e. The van der Waals surface area contributed by atoms with Gasteiger partial charge in [-0.05, 0) is 63.3 Å². The quantitative estimate of drug-likeness (QED) is 0.696. The zero-order valence-electron chi connectivity index (χ0n) is 18.1. The molecule has 0 unspecified atom stereocenters. The Morgan fingerprint density at radius 3 is 2.52 bits per heavy atom. The molecular formula is C23H33F2NO3. The summed E-state index contributed by atoms with van der Waals surface area (Å²) in [6.07, 6.45) is 3.26. The molecule has 0 N–H and O–H groups in total. The van der Waals surface area contributed by atoms with E-state index in [2.05, 4.69) is 31.7 Å². The maximum atomic E-state index is 13.5. The number of ether oxygens (including phenoxy) is 3. The summed E-state index contributed by atoms with van der Waals surface area (Å²) < 4.78 is 44.6. The molecule has 4 rings (SSSR count). The van der Waals surface area contributed by atoms with Crippen LogP contribution in [-0.4, -0.2) is 49.3 Å². The molecule has 1 saturated heterocycles. The van der Waals surface area contributed by atoms with E-state index >= 15 is 0 Å². The molecule has 0 spiro atoms. The molecule has 1 aromatic carbocycles. The maximum absolute atomic E-state index is 13.5. The van der Waals surface area contributed by atoms with E-state index in [-0.39, 0.29) is 18.3 Å². The van der Waals surface area contributed by atoms with Crippen LogP contribution in [0.4, 0.5) is 8.78 Å². The Morgan fingerprint density at radius 1 is 1.17 bits per heavy atom. The number of rotatable bonds is 5. The van der Waals surface area contributed by atoms with Gasteiger partial charge in [-0.15, -0.1) is 0 Å². The van der Waals surface area contributed by atoms with Crippen LogP contribution in [0.2, 0.25) is 0 Å². The van der Waals surface area contributed by atoms with Crippen LogP contribution in [-0.2, 0) is 11.2 Å². The summed E-state index contributed by atoms with van der Waals surface area (Å²) in [4.78, 5) is 2.51. The van der Waals surface area contributed by atoms with Crippen LogP contribution in [0.3, 0.4) is 0 Å². The van der Waals surface area contributed by atoms with Crippen LogP contribution >= 0.6 is 0 Å². The Kier molecular flexibility index (Phi) is 5.31. The predicted octanol–water partition coefficient (Wildman–Crippen LogP) is 4.85. The highest BCUT2D eigenvalue weighted by Crippen LogP contribution is 2.55. The molecule has 3 aliphatic rings. The van der Waals surface area contributed by atoms with E-state index < -0.39 is 17.8 Å². The molecule has 2 heterocycles. The Balaban J connectivity index is 1.48. The van der Waals surface area contributed by atoms with Gasteiger partial charge < -0.3 is 14.2 Å². The minimum absolute atomic E-state index is 0.0324. The number of fused-ring (bicyclic) bond motifs is 3. The van der Waals surface area contributed by atoms with Gasteiger partial charge in [-0.25, -0.2) is 8.78 Å². The number of benzene rings is 1. The van der Waals surface area contributed by atoms with Gasteiger partial charge in [0.1, 0.15) is 0 Å². The first kappa shape index (κ1) is 20.9. The van der Waals surface area contributed by atoms with E-state index in [0.29, 0.717) is 17.5 Å². The van der Waals surface area contributed by atoms with Gasteiger partial charge in [-0.3, -0.25) is 4.90 Å². The SMILES string of the molecule is COc1cc2c(cc1OC[C@H]1[C@H](C)C1(F)F)CCN1C[C@H](OC(C)(C)C)CC[C@H]21. The molecule has 0 radical (unpaired) electrons. The Hall–Kier alpha value is -1.40. The second-order valence-corrected chi connectivity index (χ2v) is 9.77. The lowest BCUT2D eigenvalue weighted by atomic mass is 9.85. The molecule has 1 aromatic rings. The van der Waals surface area contributed by atoms with Crippen molar-refractivity contribution in [3.8, 4) is 11.5 Å². The third kappa shape index (κ3) is 4.11. The average molecular weight is 410 g/mol. The van der Waals surface area contributed by atoms with Gasteiger partial charge in [0.05, 0.1) is 31.3 Å². The van der Waals surface area contributed by atoms with Crippen molar-refractivity contribution in [2.75, 3.05) is 26.8 Å². The van der Waals surface area contributed by atoms with Crippen molar-refractivity contribution < 1.29 is 23.0 Å². The van der Waals surface area contributed by atoms with Gasteiger partial charge in [0.25, 0.3) is 5.92 Å². The zero-order valence-corrected chi connectivity index (χ0v) is 18.1. The summed E-state index contributed by atoms with van der Waals surface area (Å²) in [5.41, 5.74) is 2.39. The third-order valence-corrected chi connectivity index (χ3v) is 6.63. The number of hydrogen-bond acceptors (Lipinski definition) is 4. The molecule has 4 atom stereocenters. The molecule has 6 heteroatoms. The molecule has 29 heavy (non-hydrogen) atoms. The van der Waals surface area contributed by atoms with Crippen LogP contribution < -0.4 is 9.47 Å². The smallest absolute Gasteiger partial charge is 0.257 e. The van der Waals surface area contributed by atoms with Crippen molar-refractivity contribution in [1.29, 1.82) is 0 Å².